The van der Waals surface area contributed by atoms with Gasteiger partial charge in [-0.05, 0) is 49.3 Å². The molecule has 0 spiro atoms. The van der Waals surface area contributed by atoms with E-state index in [-0.39, 0.29) is 5.91 Å². The van der Waals surface area contributed by atoms with E-state index < -0.39 is 0 Å². The van der Waals surface area contributed by atoms with E-state index in [1.54, 1.807) is 6.92 Å². The maximum absolute atomic E-state index is 11.4. The summed E-state index contributed by atoms with van der Waals surface area (Å²) < 4.78 is 0. The number of nitrogens with zero attached hydrogens (tertiary/aromatic N) is 3. The van der Waals surface area contributed by atoms with Gasteiger partial charge in [0.05, 0.1) is 11.6 Å². The van der Waals surface area contributed by atoms with Gasteiger partial charge in [0, 0.05) is 33.1 Å². The average Bonchev–Trinajstić information content (AvgIpc) is 3.04. The van der Waals surface area contributed by atoms with Crippen LogP contribution in [0.3, 0.4) is 0 Å². The number of hydrogen-bond donors (Lipinski definition) is 0. The average molecular weight is 311 g/mol. The maximum Gasteiger partial charge on any atom is 0.219 e. The molecule has 4 nitrogen and oxygen atoms in total. The van der Waals surface area contributed by atoms with Gasteiger partial charge in [-0.1, -0.05) is 18.2 Å². The number of likely N-dealkylation sites (tertiary alicyclic amines) is 2. The molecule has 1 aromatic carbocycles. The number of nitriles is 1. The Hall–Kier alpha value is -1.86. The number of rotatable bonds is 3. The smallest absolute Gasteiger partial charge is 0.219 e. The fourth-order valence-electron chi connectivity index (χ4n) is 4.08. The lowest BCUT2D eigenvalue weighted by molar-refractivity contribution is -0.130. The zero-order valence-electron chi connectivity index (χ0n) is 13.9. The first-order valence-electron chi connectivity index (χ1n) is 8.63. The third kappa shape index (κ3) is 3.73. The van der Waals surface area contributed by atoms with E-state index in [0.717, 1.165) is 68.5 Å². The van der Waals surface area contributed by atoms with Crippen LogP contribution in [0.4, 0.5) is 0 Å². The first-order chi connectivity index (χ1) is 11.2. The Morgan fingerprint density at radius 2 is 1.87 bits per heavy atom. The summed E-state index contributed by atoms with van der Waals surface area (Å²) in [6.45, 7) is 6.65. The zero-order valence-corrected chi connectivity index (χ0v) is 13.9. The van der Waals surface area contributed by atoms with Crippen molar-refractivity contribution in [2.45, 2.75) is 32.7 Å². The fraction of sp³-hybridized carbons (Fsp3) is 0.579. The van der Waals surface area contributed by atoms with Crippen LogP contribution in [0, 0.1) is 23.2 Å². The molecule has 4 heteroatoms. The third-order valence-electron chi connectivity index (χ3n) is 5.49. The van der Waals surface area contributed by atoms with Crippen molar-refractivity contribution < 1.29 is 4.79 Å². The van der Waals surface area contributed by atoms with Crippen molar-refractivity contribution in [3.63, 3.8) is 0 Å². The van der Waals surface area contributed by atoms with Crippen LogP contribution in [0.1, 0.15) is 37.3 Å². The summed E-state index contributed by atoms with van der Waals surface area (Å²) in [5.74, 6) is 1.71. The number of amides is 1. The molecule has 1 amide bonds. The molecular weight excluding hydrogens is 286 g/mol. The number of carbonyl (C=O) groups is 1. The highest BCUT2D eigenvalue weighted by atomic mass is 16.2. The second-order valence-electron chi connectivity index (χ2n) is 6.90. The van der Waals surface area contributed by atoms with Gasteiger partial charge in [0.2, 0.25) is 5.91 Å². The molecule has 1 unspecified atom stereocenters. The van der Waals surface area contributed by atoms with E-state index in [1.807, 2.05) is 23.1 Å². The lowest BCUT2D eigenvalue weighted by Crippen LogP contribution is -2.39. The van der Waals surface area contributed by atoms with Crippen molar-refractivity contribution in [2.24, 2.45) is 11.8 Å². The molecule has 2 fully saturated rings. The second kappa shape index (κ2) is 7.14. The van der Waals surface area contributed by atoms with Crippen LogP contribution in [0.2, 0.25) is 0 Å². The Morgan fingerprint density at radius 3 is 2.57 bits per heavy atom. The molecule has 0 saturated carbocycles. The van der Waals surface area contributed by atoms with Crippen LogP contribution >= 0.6 is 0 Å². The van der Waals surface area contributed by atoms with Gasteiger partial charge in [-0.3, -0.25) is 9.69 Å². The van der Waals surface area contributed by atoms with Crippen LogP contribution in [0.25, 0.3) is 0 Å². The Morgan fingerprint density at radius 1 is 1.17 bits per heavy atom. The highest BCUT2D eigenvalue weighted by Crippen LogP contribution is 2.32. The van der Waals surface area contributed by atoms with Crippen molar-refractivity contribution >= 4 is 5.91 Å². The minimum atomic E-state index is 0.213. The first kappa shape index (κ1) is 16.0. The third-order valence-corrected chi connectivity index (χ3v) is 5.49. The fourth-order valence-corrected chi connectivity index (χ4v) is 4.08. The van der Waals surface area contributed by atoms with Crippen LogP contribution in [-0.4, -0.2) is 41.9 Å². The molecule has 0 bridgehead atoms. The zero-order chi connectivity index (χ0) is 16.2. The number of benzene rings is 1. The summed E-state index contributed by atoms with van der Waals surface area (Å²) in [5, 5.41) is 9.22. The Balaban J connectivity index is 1.53. The van der Waals surface area contributed by atoms with Gasteiger partial charge in [-0.2, -0.15) is 5.26 Å². The molecule has 0 radical (unpaired) electrons. The molecule has 1 atom stereocenters. The van der Waals surface area contributed by atoms with Crippen LogP contribution in [0.15, 0.2) is 24.3 Å². The summed E-state index contributed by atoms with van der Waals surface area (Å²) in [7, 11) is 0. The summed E-state index contributed by atoms with van der Waals surface area (Å²) >= 11 is 0. The van der Waals surface area contributed by atoms with E-state index in [1.165, 1.54) is 6.42 Å². The van der Waals surface area contributed by atoms with Crippen molar-refractivity contribution in [3.8, 4) is 6.07 Å². The second-order valence-corrected chi connectivity index (χ2v) is 6.90. The lowest BCUT2D eigenvalue weighted by atomic mass is 9.84. The van der Waals surface area contributed by atoms with E-state index >= 15 is 0 Å². The highest BCUT2D eigenvalue weighted by molar-refractivity contribution is 5.73. The molecule has 2 aliphatic heterocycles. The lowest BCUT2D eigenvalue weighted by Gasteiger charge is -2.34. The summed E-state index contributed by atoms with van der Waals surface area (Å²) in [5.41, 5.74) is 1.94. The molecule has 0 aliphatic carbocycles. The van der Waals surface area contributed by atoms with Gasteiger partial charge in [0.1, 0.15) is 0 Å². The minimum Gasteiger partial charge on any atom is -0.343 e. The van der Waals surface area contributed by atoms with Crippen LogP contribution in [-0.2, 0) is 11.3 Å². The molecule has 2 aliphatic rings. The van der Waals surface area contributed by atoms with Gasteiger partial charge in [0.25, 0.3) is 0 Å². The SMILES string of the molecule is CC(=O)N1CCC(C2CCN(Cc3ccccc3C#N)C2)CC1. The van der Waals surface area contributed by atoms with Crippen molar-refractivity contribution in [3.05, 3.63) is 35.4 Å². The number of piperidine rings is 1. The predicted molar refractivity (Wildman–Crippen MR) is 89.5 cm³/mol. The van der Waals surface area contributed by atoms with Gasteiger partial charge in [0.15, 0.2) is 0 Å². The molecule has 0 N–H and O–H groups in total. The highest BCUT2D eigenvalue weighted by Gasteiger charge is 2.32. The molecule has 2 heterocycles. The summed E-state index contributed by atoms with van der Waals surface area (Å²) in [6.07, 6.45) is 3.54. The van der Waals surface area contributed by atoms with E-state index in [0.29, 0.717) is 0 Å². The van der Waals surface area contributed by atoms with Crippen molar-refractivity contribution in [2.75, 3.05) is 26.2 Å². The van der Waals surface area contributed by atoms with E-state index in [4.69, 9.17) is 0 Å². The molecule has 0 aromatic heterocycles. The van der Waals surface area contributed by atoms with Crippen LogP contribution in [0.5, 0.6) is 0 Å². The summed E-state index contributed by atoms with van der Waals surface area (Å²) in [4.78, 5) is 15.9. The summed E-state index contributed by atoms with van der Waals surface area (Å²) in [6, 6.07) is 10.2. The molecule has 1 aromatic rings. The van der Waals surface area contributed by atoms with Crippen molar-refractivity contribution in [1.29, 1.82) is 5.26 Å². The Labute approximate surface area is 138 Å². The Kier molecular flexibility index (Phi) is 4.97. The van der Waals surface area contributed by atoms with Gasteiger partial charge < -0.3 is 4.90 Å². The number of carbonyl (C=O) groups excluding carboxylic acids is 1. The quantitative estimate of drug-likeness (QED) is 0.862. The van der Waals surface area contributed by atoms with Crippen molar-refractivity contribution in [1.82, 2.24) is 9.80 Å². The predicted octanol–water partition coefficient (Wildman–Crippen LogP) is 2.64. The van der Waals surface area contributed by atoms with E-state index in [9.17, 15) is 10.1 Å². The maximum atomic E-state index is 11.4. The molecular formula is C19H25N3O. The first-order valence-corrected chi connectivity index (χ1v) is 8.63. The standard InChI is InChI=1S/C19H25N3O/c1-15(23)22-10-7-16(8-11-22)19-6-9-21(14-19)13-18-5-3-2-4-17(18)12-20/h2-5,16,19H,6-11,13-14H2,1H3. The van der Waals surface area contributed by atoms with Gasteiger partial charge >= 0.3 is 0 Å². The van der Waals surface area contributed by atoms with Gasteiger partial charge in [-0.15, -0.1) is 0 Å². The van der Waals surface area contributed by atoms with Crippen LogP contribution < -0.4 is 0 Å². The van der Waals surface area contributed by atoms with Gasteiger partial charge in [-0.25, -0.2) is 0 Å². The minimum absolute atomic E-state index is 0.213. The molecule has 3 rings (SSSR count). The Bertz CT molecular complexity index is 599. The topological polar surface area (TPSA) is 47.3 Å². The number of hydrogen-bond acceptors (Lipinski definition) is 3. The molecule has 122 valence electrons. The molecule has 23 heavy (non-hydrogen) atoms. The molecule has 2 saturated heterocycles. The monoisotopic (exact) mass is 311 g/mol. The normalized spacial score (nSPS) is 23.0. The van der Waals surface area contributed by atoms with E-state index in [2.05, 4.69) is 17.0 Å². The largest absolute Gasteiger partial charge is 0.343 e.